The number of nitrogens with one attached hydrogen (secondary N) is 2. The lowest BCUT2D eigenvalue weighted by Gasteiger charge is -2.35. The molecule has 6 aromatic rings. The highest BCUT2D eigenvalue weighted by molar-refractivity contribution is 7.90. The van der Waals surface area contributed by atoms with Crippen molar-refractivity contribution >= 4 is 49.7 Å². The summed E-state index contributed by atoms with van der Waals surface area (Å²) in [7, 11) is -3.37. The van der Waals surface area contributed by atoms with Crippen LogP contribution < -0.4 is 20.1 Å². The number of phenolic OH excluding ortho intramolecular Hbond substituents is 1. The first-order valence-corrected chi connectivity index (χ1v) is 26.9. The fraction of sp³-hybridized carbons (Fsp3) is 0.382. The SMILES string of the molecule is CCN(CCCOCC(=O)N[C@H](C(=O)N1C[C@H](O)C[C@H]1C(=O)N[C@@H](C)c1ccc(-c2scnc2C)cc1)C(C)(C)C)CCOc1ccc(Oc2c(-c3ccc(S(C)(=O)=O)cc3)ccc3cc(O)ccc23)cc1. The summed E-state index contributed by atoms with van der Waals surface area (Å²) >= 11 is 1.57. The highest BCUT2D eigenvalue weighted by atomic mass is 32.2. The summed E-state index contributed by atoms with van der Waals surface area (Å²) in [4.78, 5) is 50.3. The Bertz CT molecular complexity index is 2940. The Labute approximate surface area is 426 Å². The van der Waals surface area contributed by atoms with Gasteiger partial charge in [0.1, 0.15) is 48.3 Å². The van der Waals surface area contributed by atoms with Crippen LogP contribution in [-0.2, 0) is 29.0 Å². The molecular formula is C55H65N5O10S2. The van der Waals surface area contributed by atoms with Gasteiger partial charge in [-0.1, -0.05) is 70.2 Å². The number of β-amino-alcohol motifs (C(OH)–C–C–N with tert-alkyl or cyclic N) is 1. The first-order chi connectivity index (χ1) is 34.3. The topological polar surface area (TPSA) is 197 Å². The molecule has 5 aromatic carbocycles. The molecule has 0 unspecified atom stereocenters. The van der Waals surface area contributed by atoms with Crippen LogP contribution in [0.4, 0.5) is 0 Å². The molecule has 17 heteroatoms. The fourth-order valence-electron chi connectivity index (χ4n) is 8.72. The van der Waals surface area contributed by atoms with Crippen LogP contribution in [0.5, 0.6) is 23.0 Å². The number of likely N-dealkylation sites (tertiary alicyclic amines) is 1. The predicted octanol–water partition coefficient (Wildman–Crippen LogP) is 8.32. The Morgan fingerprint density at radius 1 is 0.903 bits per heavy atom. The highest BCUT2D eigenvalue weighted by Crippen LogP contribution is 2.41. The third-order valence-electron chi connectivity index (χ3n) is 12.8. The largest absolute Gasteiger partial charge is 0.508 e. The molecule has 0 spiro atoms. The molecule has 1 aromatic heterocycles. The van der Waals surface area contributed by atoms with E-state index in [0.717, 1.165) is 50.1 Å². The number of hydrogen-bond acceptors (Lipinski definition) is 13. The Balaban J connectivity index is 0.854. The Morgan fingerprint density at radius 3 is 2.25 bits per heavy atom. The van der Waals surface area contributed by atoms with Gasteiger partial charge in [0.15, 0.2) is 9.84 Å². The molecule has 1 aliphatic heterocycles. The molecular weight excluding hydrogens is 955 g/mol. The summed E-state index contributed by atoms with van der Waals surface area (Å²) in [5.41, 5.74) is 5.53. The number of amides is 3. The monoisotopic (exact) mass is 1020 g/mol. The van der Waals surface area contributed by atoms with Gasteiger partial charge in [-0.15, -0.1) is 11.3 Å². The van der Waals surface area contributed by atoms with E-state index in [1.54, 1.807) is 53.8 Å². The van der Waals surface area contributed by atoms with E-state index in [2.05, 4.69) is 27.4 Å². The van der Waals surface area contributed by atoms with E-state index in [4.69, 9.17) is 14.2 Å². The van der Waals surface area contributed by atoms with E-state index < -0.39 is 45.3 Å². The molecule has 0 saturated carbocycles. The zero-order valence-corrected chi connectivity index (χ0v) is 43.5. The van der Waals surface area contributed by atoms with Crippen LogP contribution in [-0.4, -0.2) is 122 Å². The van der Waals surface area contributed by atoms with E-state index in [9.17, 15) is 33.0 Å². The number of aromatic nitrogens is 1. The number of carbonyl (C=O) groups excluding carboxylic acids is 3. The van der Waals surface area contributed by atoms with E-state index in [1.165, 1.54) is 11.2 Å². The number of aliphatic hydroxyl groups is 1. The molecule has 72 heavy (non-hydrogen) atoms. The van der Waals surface area contributed by atoms with Crippen molar-refractivity contribution in [2.45, 2.75) is 83.5 Å². The minimum absolute atomic E-state index is 0.0233. The number of benzene rings is 5. The van der Waals surface area contributed by atoms with Crippen LogP contribution in [0.2, 0.25) is 0 Å². The first-order valence-electron chi connectivity index (χ1n) is 24.1. The maximum atomic E-state index is 14.1. The lowest BCUT2D eigenvalue weighted by atomic mass is 9.85. The number of thiazole rings is 1. The third kappa shape index (κ3) is 13.6. The van der Waals surface area contributed by atoms with Crippen molar-refractivity contribution in [1.82, 2.24) is 25.4 Å². The molecule has 1 fully saturated rings. The molecule has 2 heterocycles. The zero-order valence-electron chi connectivity index (χ0n) is 41.9. The molecule has 1 aliphatic rings. The number of phenols is 1. The van der Waals surface area contributed by atoms with Gasteiger partial charge >= 0.3 is 0 Å². The number of ether oxygens (including phenoxy) is 3. The second-order valence-corrected chi connectivity index (χ2v) is 22.2. The maximum absolute atomic E-state index is 14.1. The minimum atomic E-state index is -3.37. The Hall–Kier alpha value is -6.37. The maximum Gasteiger partial charge on any atom is 0.246 e. The summed E-state index contributed by atoms with van der Waals surface area (Å²) in [6.07, 6.45) is 1.03. The second-order valence-electron chi connectivity index (χ2n) is 19.3. The number of aromatic hydroxyl groups is 1. The Morgan fingerprint density at radius 2 is 1.60 bits per heavy atom. The number of fused-ring (bicyclic) bond motifs is 1. The highest BCUT2D eigenvalue weighted by Gasteiger charge is 2.44. The van der Waals surface area contributed by atoms with Gasteiger partial charge in [-0.3, -0.25) is 14.4 Å². The van der Waals surface area contributed by atoms with E-state index >= 15 is 0 Å². The van der Waals surface area contributed by atoms with Crippen LogP contribution >= 0.6 is 11.3 Å². The molecule has 382 valence electrons. The van der Waals surface area contributed by atoms with Crippen molar-refractivity contribution < 1.29 is 47.2 Å². The number of aryl methyl sites for hydroxylation is 1. The van der Waals surface area contributed by atoms with Crippen molar-refractivity contribution in [3.63, 3.8) is 0 Å². The number of carbonyl (C=O) groups is 3. The molecule has 0 radical (unpaired) electrons. The van der Waals surface area contributed by atoms with Gasteiger partial charge in [0.2, 0.25) is 17.7 Å². The van der Waals surface area contributed by atoms with E-state index in [-0.39, 0.29) is 42.2 Å². The summed E-state index contributed by atoms with van der Waals surface area (Å²) < 4.78 is 42.5. The van der Waals surface area contributed by atoms with Gasteiger partial charge in [-0.2, -0.15) is 0 Å². The number of hydrogen-bond donors (Lipinski definition) is 4. The van der Waals surface area contributed by atoms with Gasteiger partial charge in [0.25, 0.3) is 0 Å². The molecule has 15 nitrogen and oxygen atoms in total. The third-order valence-corrected chi connectivity index (χ3v) is 14.9. The number of likely N-dealkylation sites (N-methyl/N-ethyl adjacent to an activating group) is 1. The lowest BCUT2D eigenvalue weighted by Crippen LogP contribution is -2.58. The van der Waals surface area contributed by atoms with Gasteiger partial charge in [-0.25, -0.2) is 13.4 Å². The van der Waals surface area contributed by atoms with Crippen molar-refractivity contribution in [1.29, 1.82) is 0 Å². The van der Waals surface area contributed by atoms with Crippen LogP contribution in [0, 0.1) is 12.3 Å². The van der Waals surface area contributed by atoms with Crippen molar-refractivity contribution in [2.75, 3.05) is 52.3 Å². The predicted molar refractivity (Wildman–Crippen MR) is 280 cm³/mol. The molecule has 3 amide bonds. The van der Waals surface area contributed by atoms with Gasteiger partial charge in [0, 0.05) is 49.9 Å². The molecule has 4 atom stereocenters. The average molecular weight is 1020 g/mol. The van der Waals surface area contributed by atoms with Gasteiger partial charge in [-0.05, 0) is 115 Å². The molecule has 0 aliphatic carbocycles. The van der Waals surface area contributed by atoms with Crippen molar-refractivity contribution in [3.8, 4) is 44.6 Å². The number of rotatable bonds is 21. The van der Waals surface area contributed by atoms with Crippen molar-refractivity contribution in [2.24, 2.45) is 5.41 Å². The van der Waals surface area contributed by atoms with Gasteiger partial charge < -0.3 is 44.9 Å². The van der Waals surface area contributed by atoms with Crippen LogP contribution in [0.15, 0.2) is 114 Å². The quantitative estimate of drug-likeness (QED) is 0.0504. The summed E-state index contributed by atoms with van der Waals surface area (Å²) in [6.45, 7) is 14.0. The molecule has 0 bridgehead atoms. The van der Waals surface area contributed by atoms with Crippen LogP contribution in [0.3, 0.4) is 0 Å². The minimum Gasteiger partial charge on any atom is -0.508 e. The average Bonchev–Trinajstić information content (AvgIpc) is 3.97. The fourth-order valence-corrected chi connectivity index (χ4v) is 10.2. The number of aliphatic hydroxyl groups excluding tert-OH is 1. The second kappa shape index (κ2) is 23.5. The van der Waals surface area contributed by atoms with Crippen LogP contribution in [0.25, 0.3) is 32.3 Å². The summed E-state index contributed by atoms with van der Waals surface area (Å²) in [6, 6.07) is 28.5. The standard InChI is InChI=1S/C55H65N5O10S2/c1-8-59(27-29-69-43-18-20-44(21-19-43)70-50-46(24-16-40-30-41(61)17-25-47(40)50)38-14-22-45(23-15-38)72(7,66)67)26-9-28-68-33-49(63)58-52(55(4,5)6)54(65)60-32-42(62)31-48(60)53(64)57-35(2)37-10-12-39(13-11-37)51-36(3)56-34-71-51/h10-25,30,34-35,42,48,52,61-62H,8-9,26-29,31-33H2,1-7H3,(H,57,64)(H,58,63)/t35-,42+,48-,52+/m0/s1. The van der Waals surface area contributed by atoms with Crippen molar-refractivity contribution in [3.05, 3.63) is 120 Å². The zero-order chi connectivity index (χ0) is 51.7. The summed E-state index contributed by atoms with van der Waals surface area (Å²) in [5.74, 6) is 0.644. The van der Waals surface area contributed by atoms with E-state index in [1.807, 2.05) is 101 Å². The molecule has 7 rings (SSSR count). The molecule has 4 N–H and O–H groups in total. The smallest absolute Gasteiger partial charge is 0.246 e. The van der Waals surface area contributed by atoms with Gasteiger partial charge in [0.05, 0.1) is 33.1 Å². The lowest BCUT2D eigenvalue weighted by molar-refractivity contribution is -0.144. The summed E-state index contributed by atoms with van der Waals surface area (Å²) in [5, 5.41) is 28.3. The number of nitrogens with zero attached hydrogens (tertiary/aromatic N) is 3. The Kier molecular flexibility index (Phi) is 17.4. The molecule has 1 saturated heterocycles. The van der Waals surface area contributed by atoms with Crippen LogP contribution in [0.1, 0.15) is 64.8 Å². The normalized spacial score (nSPS) is 15.9. The first kappa shape index (κ1) is 53.4. The number of sulfone groups is 1. The van der Waals surface area contributed by atoms with E-state index in [0.29, 0.717) is 50.0 Å².